The molecule has 0 spiro atoms. The Morgan fingerprint density at radius 1 is 1.47 bits per heavy atom. The first-order valence-corrected chi connectivity index (χ1v) is 7.73. The van der Waals surface area contributed by atoms with E-state index >= 15 is 0 Å². The summed E-state index contributed by atoms with van der Waals surface area (Å²) in [6, 6.07) is 0.278. The van der Waals surface area contributed by atoms with Gasteiger partial charge in [-0.15, -0.1) is 10.2 Å². The van der Waals surface area contributed by atoms with Crippen LogP contribution < -0.4 is 5.32 Å². The molecule has 0 saturated carbocycles. The van der Waals surface area contributed by atoms with Gasteiger partial charge in [0.05, 0.1) is 18.1 Å². The number of nitrogens with one attached hydrogen (secondary N) is 1. The first-order valence-electron chi connectivity index (χ1n) is 5.91. The molecule has 1 N–H and O–H groups in total. The molecule has 1 aliphatic heterocycles. The average Bonchev–Trinajstić information content (AvgIpc) is 2.75. The normalized spacial score (nSPS) is 20.5. The van der Waals surface area contributed by atoms with Crippen LogP contribution in [-0.2, 0) is 22.9 Å². The molecule has 0 aromatic carbocycles. The maximum absolute atomic E-state index is 11.3. The SMILES string of the molecule is CCn1cnnc1CNC1CCS(=O)(=O)CC1. The van der Waals surface area contributed by atoms with Gasteiger partial charge in [-0.1, -0.05) is 0 Å². The van der Waals surface area contributed by atoms with Gasteiger partial charge in [-0.2, -0.15) is 0 Å². The first kappa shape index (κ1) is 12.5. The Morgan fingerprint density at radius 2 is 2.18 bits per heavy atom. The van der Waals surface area contributed by atoms with Crippen molar-refractivity contribution in [2.75, 3.05) is 11.5 Å². The summed E-state index contributed by atoms with van der Waals surface area (Å²) >= 11 is 0. The molecule has 0 amide bonds. The number of hydrogen-bond donors (Lipinski definition) is 1. The molecule has 0 radical (unpaired) electrons. The second-order valence-electron chi connectivity index (χ2n) is 4.34. The van der Waals surface area contributed by atoms with Gasteiger partial charge >= 0.3 is 0 Å². The van der Waals surface area contributed by atoms with E-state index in [1.54, 1.807) is 6.33 Å². The number of nitrogens with zero attached hydrogens (tertiary/aromatic N) is 3. The Kier molecular flexibility index (Phi) is 3.78. The van der Waals surface area contributed by atoms with Crippen LogP contribution in [0.2, 0.25) is 0 Å². The first-order chi connectivity index (χ1) is 8.11. The van der Waals surface area contributed by atoms with E-state index in [1.807, 2.05) is 11.5 Å². The molecule has 0 aliphatic carbocycles. The van der Waals surface area contributed by atoms with Crippen molar-refractivity contribution in [2.45, 2.75) is 38.9 Å². The zero-order valence-electron chi connectivity index (χ0n) is 9.96. The molecule has 2 rings (SSSR count). The van der Waals surface area contributed by atoms with Crippen LogP contribution in [0.1, 0.15) is 25.6 Å². The van der Waals surface area contributed by atoms with Gasteiger partial charge in [0.15, 0.2) is 0 Å². The molecule has 1 saturated heterocycles. The van der Waals surface area contributed by atoms with Gasteiger partial charge in [0.1, 0.15) is 22.0 Å². The standard InChI is InChI=1S/C10H18N4O2S/c1-2-14-8-12-13-10(14)7-11-9-3-5-17(15,16)6-4-9/h8-9,11H,2-7H2,1H3. The van der Waals surface area contributed by atoms with E-state index in [1.165, 1.54) is 0 Å². The van der Waals surface area contributed by atoms with Crippen LogP contribution in [0.4, 0.5) is 0 Å². The third-order valence-electron chi connectivity index (χ3n) is 3.14. The lowest BCUT2D eigenvalue weighted by molar-refractivity contribution is 0.451. The topological polar surface area (TPSA) is 76.9 Å². The van der Waals surface area contributed by atoms with Crippen LogP contribution in [0.3, 0.4) is 0 Å². The van der Waals surface area contributed by atoms with Gasteiger partial charge < -0.3 is 9.88 Å². The predicted octanol–water partition coefficient (Wildman–Crippen LogP) is -0.0352. The second-order valence-corrected chi connectivity index (χ2v) is 6.64. The molecule has 1 aliphatic rings. The number of rotatable bonds is 4. The highest BCUT2D eigenvalue weighted by atomic mass is 32.2. The van der Waals surface area contributed by atoms with Crippen LogP contribution in [-0.4, -0.2) is 40.7 Å². The van der Waals surface area contributed by atoms with Crippen molar-refractivity contribution in [3.05, 3.63) is 12.2 Å². The Morgan fingerprint density at radius 3 is 2.82 bits per heavy atom. The van der Waals surface area contributed by atoms with Gasteiger partial charge in [-0.05, 0) is 19.8 Å². The van der Waals surface area contributed by atoms with E-state index in [2.05, 4.69) is 15.5 Å². The summed E-state index contributed by atoms with van der Waals surface area (Å²) in [7, 11) is -2.77. The minimum absolute atomic E-state index is 0.278. The number of sulfone groups is 1. The van der Waals surface area contributed by atoms with Crippen LogP contribution in [0.5, 0.6) is 0 Å². The molecule has 96 valence electrons. The zero-order chi connectivity index (χ0) is 12.3. The second kappa shape index (κ2) is 5.14. The van der Waals surface area contributed by atoms with Crippen molar-refractivity contribution in [1.82, 2.24) is 20.1 Å². The average molecular weight is 258 g/mol. The summed E-state index contributed by atoms with van der Waals surface area (Å²) in [6.07, 6.45) is 3.10. The molecule has 0 bridgehead atoms. The predicted molar refractivity (Wildman–Crippen MR) is 64.2 cm³/mol. The van der Waals surface area contributed by atoms with Crippen LogP contribution in [0.25, 0.3) is 0 Å². The van der Waals surface area contributed by atoms with Crippen molar-refractivity contribution < 1.29 is 8.42 Å². The zero-order valence-corrected chi connectivity index (χ0v) is 10.8. The minimum Gasteiger partial charge on any atom is -0.317 e. The molecular formula is C10H18N4O2S. The monoisotopic (exact) mass is 258 g/mol. The molecule has 17 heavy (non-hydrogen) atoms. The number of aryl methyl sites for hydroxylation is 1. The van der Waals surface area contributed by atoms with Gasteiger partial charge in [-0.3, -0.25) is 0 Å². The third kappa shape index (κ3) is 3.26. The highest BCUT2D eigenvalue weighted by Gasteiger charge is 2.23. The minimum atomic E-state index is -2.77. The lowest BCUT2D eigenvalue weighted by Crippen LogP contribution is -2.37. The van der Waals surface area contributed by atoms with E-state index in [0.29, 0.717) is 30.9 Å². The molecule has 1 aromatic rings. The van der Waals surface area contributed by atoms with Crippen molar-refractivity contribution in [2.24, 2.45) is 0 Å². The molecule has 0 atom stereocenters. The molecule has 1 fully saturated rings. The summed E-state index contributed by atoms with van der Waals surface area (Å²) in [5, 5.41) is 11.2. The van der Waals surface area contributed by atoms with E-state index in [9.17, 15) is 8.42 Å². The fourth-order valence-electron chi connectivity index (χ4n) is 2.01. The summed E-state index contributed by atoms with van der Waals surface area (Å²) in [5.74, 6) is 1.50. The smallest absolute Gasteiger partial charge is 0.150 e. The Hall–Kier alpha value is -0.950. The van der Waals surface area contributed by atoms with Crippen LogP contribution >= 0.6 is 0 Å². The number of hydrogen-bond acceptors (Lipinski definition) is 5. The molecule has 1 aromatic heterocycles. The molecule has 2 heterocycles. The van der Waals surface area contributed by atoms with Gasteiger partial charge in [0, 0.05) is 12.6 Å². The number of aromatic nitrogens is 3. The summed E-state index contributed by atoms with van der Waals surface area (Å²) in [6.45, 7) is 3.54. The van der Waals surface area contributed by atoms with Crippen molar-refractivity contribution in [3.8, 4) is 0 Å². The quantitative estimate of drug-likeness (QED) is 0.820. The molecule has 7 heteroatoms. The Labute approximate surface area is 101 Å². The maximum Gasteiger partial charge on any atom is 0.150 e. The summed E-state index contributed by atoms with van der Waals surface area (Å²) in [5.41, 5.74) is 0. The van der Waals surface area contributed by atoms with Crippen LogP contribution in [0.15, 0.2) is 6.33 Å². The molecule has 0 unspecified atom stereocenters. The highest BCUT2D eigenvalue weighted by molar-refractivity contribution is 7.91. The largest absolute Gasteiger partial charge is 0.317 e. The summed E-state index contributed by atoms with van der Waals surface area (Å²) < 4.78 is 24.5. The van der Waals surface area contributed by atoms with E-state index in [4.69, 9.17) is 0 Å². The van der Waals surface area contributed by atoms with E-state index < -0.39 is 9.84 Å². The summed E-state index contributed by atoms with van der Waals surface area (Å²) in [4.78, 5) is 0. The van der Waals surface area contributed by atoms with Crippen molar-refractivity contribution in [3.63, 3.8) is 0 Å². The van der Waals surface area contributed by atoms with Crippen molar-refractivity contribution >= 4 is 9.84 Å². The van der Waals surface area contributed by atoms with Gasteiger partial charge in [0.2, 0.25) is 0 Å². The Balaban J connectivity index is 1.84. The Bertz CT molecular complexity index is 454. The van der Waals surface area contributed by atoms with E-state index in [0.717, 1.165) is 12.4 Å². The fraction of sp³-hybridized carbons (Fsp3) is 0.800. The maximum atomic E-state index is 11.3. The molecule has 6 nitrogen and oxygen atoms in total. The van der Waals surface area contributed by atoms with Crippen LogP contribution in [0, 0.1) is 0 Å². The molecular weight excluding hydrogens is 240 g/mol. The van der Waals surface area contributed by atoms with Gasteiger partial charge in [0.25, 0.3) is 0 Å². The fourth-order valence-corrected chi connectivity index (χ4v) is 3.50. The van der Waals surface area contributed by atoms with Crippen molar-refractivity contribution in [1.29, 1.82) is 0 Å². The third-order valence-corrected chi connectivity index (χ3v) is 4.86. The highest BCUT2D eigenvalue weighted by Crippen LogP contribution is 2.12. The lowest BCUT2D eigenvalue weighted by atomic mass is 10.1. The lowest BCUT2D eigenvalue weighted by Gasteiger charge is -2.22. The van der Waals surface area contributed by atoms with E-state index in [-0.39, 0.29) is 6.04 Å². The van der Waals surface area contributed by atoms with Gasteiger partial charge in [-0.25, -0.2) is 8.42 Å².